The van der Waals surface area contributed by atoms with Crippen molar-refractivity contribution in [2.24, 2.45) is 0 Å². The van der Waals surface area contributed by atoms with Gasteiger partial charge in [-0.1, -0.05) is 46.3 Å². The van der Waals surface area contributed by atoms with Crippen LogP contribution in [0.15, 0.2) is 62.4 Å². The van der Waals surface area contributed by atoms with Crippen molar-refractivity contribution in [1.82, 2.24) is 9.21 Å². The number of nitriles is 1. The van der Waals surface area contributed by atoms with Crippen LogP contribution < -0.4 is 0 Å². The van der Waals surface area contributed by atoms with Crippen molar-refractivity contribution in [2.45, 2.75) is 30.2 Å². The predicted molar refractivity (Wildman–Crippen MR) is 116 cm³/mol. The Bertz CT molecular complexity index is 961. The van der Waals surface area contributed by atoms with E-state index in [1.807, 2.05) is 18.2 Å². The van der Waals surface area contributed by atoms with Crippen LogP contribution in [0.1, 0.15) is 18.4 Å². The van der Waals surface area contributed by atoms with Crippen LogP contribution in [0.4, 0.5) is 0 Å². The summed E-state index contributed by atoms with van der Waals surface area (Å²) in [5.74, 6) is 0. The number of halogens is 2. The van der Waals surface area contributed by atoms with Gasteiger partial charge in [-0.3, -0.25) is 0 Å². The first-order chi connectivity index (χ1) is 13.4. The van der Waals surface area contributed by atoms with Crippen LogP contribution in [0.25, 0.3) is 0 Å². The van der Waals surface area contributed by atoms with E-state index in [0.29, 0.717) is 35.0 Å². The molecular formula is C20H21Br2N3O2S. The van der Waals surface area contributed by atoms with E-state index in [-0.39, 0.29) is 10.9 Å². The quantitative estimate of drug-likeness (QED) is 0.502. The van der Waals surface area contributed by atoms with E-state index < -0.39 is 10.0 Å². The monoisotopic (exact) mass is 525 g/mol. The highest BCUT2D eigenvalue weighted by Gasteiger charge is 2.36. The maximum atomic E-state index is 13.5. The van der Waals surface area contributed by atoms with Crippen LogP contribution in [-0.4, -0.2) is 43.3 Å². The molecule has 5 nitrogen and oxygen atoms in total. The Labute approximate surface area is 183 Å². The van der Waals surface area contributed by atoms with Gasteiger partial charge >= 0.3 is 0 Å². The molecule has 2 aromatic rings. The summed E-state index contributed by atoms with van der Waals surface area (Å²) in [5, 5.41) is 9.18. The van der Waals surface area contributed by atoms with E-state index in [4.69, 9.17) is 0 Å². The normalized spacial score (nSPS) is 17.1. The number of hydrogen-bond acceptors (Lipinski definition) is 4. The van der Waals surface area contributed by atoms with Gasteiger partial charge in [-0.15, -0.1) is 0 Å². The molecule has 1 aliphatic rings. The number of aryl methyl sites for hydroxylation is 1. The molecule has 148 valence electrons. The van der Waals surface area contributed by atoms with Gasteiger partial charge in [0.1, 0.15) is 0 Å². The van der Waals surface area contributed by atoms with Crippen molar-refractivity contribution < 1.29 is 8.42 Å². The maximum Gasteiger partial charge on any atom is 0.244 e. The van der Waals surface area contributed by atoms with Crippen LogP contribution >= 0.6 is 31.9 Å². The Morgan fingerprint density at radius 1 is 1.18 bits per heavy atom. The molecule has 3 rings (SSSR count). The third kappa shape index (κ3) is 4.95. The van der Waals surface area contributed by atoms with Crippen molar-refractivity contribution in [2.75, 3.05) is 19.6 Å². The van der Waals surface area contributed by atoms with Gasteiger partial charge < -0.3 is 4.90 Å². The van der Waals surface area contributed by atoms with Gasteiger partial charge in [-0.2, -0.15) is 9.57 Å². The number of rotatable bonds is 7. The lowest BCUT2D eigenvalue weighted by Crippen LogP contribution is -2.42. The Kier molecular flexibility index (Phi) is 7.15. The van der Waals surface area contributed by atoms with E-state index >= 15 is 0 Å². The molecule has 0 radical (unpaired) electrons. The lowest BCUT2D eigenvalue weighted by atomic mass is 10.1. The molecule has 1 heterocycles. The van der Waals surface area contributed by atoms with Crippen LogP contribution in [0.3, 0.4) is 0 Å². The highest BCUT2D eigenvalue weighted by molar-refractivity contribution is 9.11. The summed E-state index contributed by atoms with van der Waals surface area (Å²) in [6, 6.07) is 15.0. The van der Waals surface area contributed by atoms with E-state index in [1.165, 1.54) is 5.56 Å². The minimum atomic E-state index is -3.70. The highest BCUT2D eigenvalue weighted by atomic mass is 79.9. The van der Waals surface area contributed by atoms with Gasteiger partial charge in [0, 0.05) is 34.6 Å². The molecule has 0 spiro atoms. The molecule has 0 amide bonds. The number of benzene rings is 2. The van der Waals surface area contributed by atoms with Crippen molar-refractivity contribution in [3.05, 3.63) is 63.0 Å². The first-order valence-corrected chi connectivity index (χ1v) is 12.1. The summed E-state index contributed by atoms with van der Waals surface area (Å²) in [5.41, 5.74) is 1.19. The molecule has 0 aliphatic carbocycles. The maximum absolute atomic E-state index is 13.5. The number of sulfonamides is 1. The molecule has 28 heavy (non-hydrogen) atoms. The Balaban J connectivity index is 1.85. The summed E-state index contributed by atoms with van der Waals surface area (Å²) in [6.07, 6.45) is 4.32. The second-order valence-corrected chi connectivity index (χ2v) is 10.4. The van der Waals surface area contributed by atoms with Gasteiger partial charge in [-0.25, -0.2) is 8.42 Å². The second kappa shape index (κ2) is 9.40. The minimum absolute atomic E-state index is 0.202. The Morgan fingerprint density at radius 3 is 2.61 bits per heavy atom. The van der Waals surface area contributed by atoms with Crippen LogP contribution in [0, 0.1) is 11.5 Å². The Hall–Kier alpha value is -1.40. The van der Waals surface area contributed by atoms with E-state index in [9.17, 15) is 13.7 Å². The van der Waals surface area contributed by atoms with Gasteiger partial charge in [0.25, 0.3) is 0 Å². The topological polar surface area (TPSA) is 64.4 Å². The molecule has 0 unspecified atom stereocenters. The van der Waals surface area contributed by atoms with E-state index in [1.54, 1.807) is 27.4 Å². The average Bonchev–Trinajstić information content (AvgIpc) is 3.16. The van der Waals surface area contributed by atoms with Gasteiger partial charge in [0.15, 0.2) is 6.19 Å². The fourth-order valence-electron chi connectivity index (χ4n) is 3.45. The molecule has 2 aromatic carbocycles. The van der Waals surface area contributed by atoms with Gasteiger partial charge in [0.2, 0.25) is 10.0 Å². The van der Waals surface area contributed by atoms with Gasteiger partial charge in [0.05, 0.1) is 4.90 Å². The molecule has 0 bridgehead atoms. The molecule has 1 saturated heterocycles. The highest BCUT2D eigenvalue weighted by Crippen LogP contribution is 2.31. The molecule has 8 heteroatoms. The standard InChI is InChI=1S/C20H21Br2N3O2S/c21-17-8-9-19(22)20(13-17)28(26,27)25(18-10-12-24(14-18)15-23)11-4-7-16-5-2-1-3-6-16/h1-3,5-6,8-9,13,18H,4,7,10-12,14H2/t18-/m1/s1. The molecule has 1 aliphatic heterocycles. The third-order valence-electron chi connectivity index (χ3n) is 4.88. The smallest absolute Gasteiger partial charge is 0.244 e. The van der Waals surface area contributed by atoms with Crippen molar-refractivity contribution in [1.29, 1.82) is 5.26 Å². The third-order valence-corrected chi connectivity index (χ3v) is 8.32. The number of likely N-dealkylation sites (tertiary alicyclic amines) is 1. The molecular weight excluding hydrogens is 506 g/mol. The van der Waals surface area contributed by atoms with Crippen molar-refractivity contribution >= 4 is 41.9 Å². The first kappa shape index (κ1) is 21.3. The minimum Gasteiger partial charge on any atom is -0.309 e. The number of hydrogen-bond donors (Lipinski definition) is 0. The van der Waals surface area contributed by atoms with Crippen molar-refractivity contribution in [3.8, 4) is 6.19 Å². The summed E-state index contributed by atoms with van der Waals surface area (Å²) in [7, 11) is -3.70. The Morgan fingerprint density at radius 2 is 1.93 bits per heavy atom. The van der Waals surface area contributed by atoms with Crippen LogP contribution in [0.5, 0.6) is 0 Å². The van der Waals surface area contributed by atoms with E-state index in [2.05, 4.69) is 50.2 Å². The molecule has 1 fully saturated rings. The van der Waals surface area contributed by atoms with Crippen molar-refractivity contribution in [3.63, 3.8) is 0 Å². The summed E-state index contributed by atoms with van der Waals surface area (Å²) in [4.78, 5) is 1.87. The van der Waals surface area contributed by atoms with E-state index in [0.717, 1.165) is 12.8 Å². The zero-order valence-corrected chi connectivity index (χ0v) is 19.2. The molecule has 1 atom stereocenters. The largest absolute Gasteiger partial charge is 0.309 e. The number of nitrogens with zero attached hydrogens (tertiary/aromatic N) is 3. The fraction of sp³-hybridized carbons (Fsp3) is 0.350. The SMILES string of the molecule is N#CN1CC[C@@H](N(CCCc2ccccc2)S(=O)(=O)c2cc(Br)ccc2Br)C1. The zero-order chi connectivity index (χ0) is 20.1. The second-order valence-electron chi connectivity index (χ2n) is 6.77. The zero-order valence-electron chi connectivity index (χ0n) is 15.3. The summed E-state index contributed by atoms with van der Waals surface area (Å²) < 4.78 is 29.8. The lowest BCUT2D eigenvalue weighted by molar-refractivity contribution is 0.316. The fourth-order valence-corrected chi connectivity index (χ4v) is 6.60. The van der Waals surface area contributed by atoms with Crippen LogP contribution in [0.2, 0.25) is 0 Å². The predicted octanol–water partition coefficient (Wildman–Crippen LogP) is 4.39. The van der Waals surface area contributed by atoms with Gasteiger partial charge in [-0.05, 0) is 59.0 Å². The summed E-state index contributed by atoms with van der Waals surface area (Å²) in [6.45, 7) is 1.44. The average molecular weight is 527 g/mol. The lowest BCUT2D eigenvalue weighted by Gasteiger charge is -2.28. The first-order valence-electron chi connectivity index (χ1n) is 9.07. The molecule has 0 N–H and O–H groups in total. The summed E-state index contributed by atoms with van der Waals surface area (Å²) >= 11 is 6.75. The molecule has 0 saturated carbocycles. The van der Waals surface area contributed by atoms with Crippen LogP contribution in [-0.2, 0) is 16.4 Å². The molecule has 0 aromatic heterocycles.